The predicted molar refractivity (Wildman–Crippen MR) is 52.2 cm³/mol. The van der Waals surface area contributed by atoms with Gasteiger partial charge in [-0.3, -0.25) is 0 Å². The van der Waals surface area contributed by atoms with E-state index in [-0.39, 0.29) is 6.04 Å². The van der Waals surface area contributed by atoms with E-state index >= 15 is 0 Å². The van der Waals surface area contributed by atoms with E-state index in [1.807, 2.05) is 24.6 Å². The fraction of sp³-hybridized carbons (Fsp3) is 0.222. The zero-order chi connectivity index (χ0) is 8.55. The Kier molecular flexibility index (Phi) is 1.83. The maximum atomic E-state index is 5.76. The first-order valence-corrected chi connectivity index (χ1v) is 4.74. The fourth-order valence-electron chi connectivity index (χ4n) is 1.15. The number of benzene rings is 1. The highest BCUT2D eigenvalue weighted by atomic mass is 32.1. The molecule has 0 aliphatic heterocycles. The molecule has 0 spiro atoms. The summed E-state index contributed by atoms with van der Waals surface area (Å²) in [5.74, 6) is 0. The summed E-state index contributed by atoms with van der Waals surface area (Å²) in [7, 11) is 0. The van der Waals surface area contributed by atoms with Crippen molar-refractivity contribution in [2.75, 3.05) is 0 Å². The second-order valence-electron chi connectivity index (χ2n) is 2.87. The number of aromatic nitrogens is 1. The van der Waals surface area contributed by atoms with Crippen molar-refractivity contribution >= 4 is 21.6 Å². The van der Waals surface area contributed by atoms with Crippen LogP contribution in [-0.4, -0.2) is 4.98 Å². The summed E-state index contributed by atoms with van der Waals surface area (Å²) in [4.78, 5) is 4.20. The van der Waals surface area contributed by atoms with Gasteiger partial charge in [0.15, 0.2) is 0 Å². The molecule has 62 valence electrons. The first-order valence-electron chi connectivity index (χ1n) is 3.86. The minimum Gasteiger partial charge on any atom is -0.324 e. The van der Waals surface area contributed by atoms with Crippen molar-refractivity contribution in [1.82, 2.24) is 4.98 Å². The molecule has 0 aliphatic rings. The van der Waals surface area contributed by atoms with Crippen molar-refractivity contribution in [3.63, 3.8) is 0 Å². The molecule has 12 heavy (non-hydrogen) atoms. The number of hydrogen-bond donors (Lipinski definition) is 1. The van der Waals surface area contributed by atoms with E-state index < -0.39 is 0 Å². The molecule has 1 heterocycles. The van der Waals surface area contributed by atoms with Crippen LogP contribution in [0.25, 0.3) is 10.2 Å². The Bertz CT molecular complexity index is 392. The van der Waals surface area contributed by atoms with Crippen LogP contribution in [0.15, 0.2) is 23.7 Å². The Hall–Kier alpha value is -0.930. The number of thiazole rings is 1. The van der Waals surface area contributed by atoms with Crippen LogP contribution in [0, 0.1) is 0 Å². The van der Waals surface area contributed by atoms with Crippen LogP contribution in [0.1, 0.15) is 18.5 Å². The second kappa shape index (κ2) is 2.84. The third kappa shape index (κ3) is 1.21. The summed E-state index contributed by atoms with van der Waals surface area (Å²) >= 11 is 1.65. The molecule has 2 N–H and O–H groups in total. The lowest BCUT2D eigenvalue weighted by atomic mass is 10.1. The van der Waals surface area contributed by atoms with E-state index in [4.69, 9.17) is 5.73 Å². The lowest BCUT2D eigenvalue weighted by Crippen LogP contribution is -2.03. The van der Waals surface area contributed by atoms with Crippen molar-refractivity contribution < 1.29 is 0 Å². The first-order chi connectivity index (χ1) is 5.77. The van der Waals surface area contributed by atoms with Crippen LogP contribution >= 0.6 is 11.3 Å². The molecule has 1 aromatic carbocycles. The third-order valence-electron chi connectivity index (χ3n) is 1.88. The monoisotopic (exact) mass is 178 g/mol. The van der Waals surface area contributed by atoms with Gasteiger partial charge in [-0.25, -0.2) is 4.98 Å². The van der Waals surface area contributed by atoms with Gasteiger partial charge in [0.05, 0.1) is 15.7 Å². The maximum absolute atomic E-state index is 5.76. The SMILES string of the molecule is CC(N)c1ccc2ncsc2c1. The minimum absolute atomic E-state index is 0.108. The van der Waals surface area contributed by atoms with Crippen LogP contribution < -0.4 is 5.73 Å². The van der Waals surface area contributed by atoms with Gasteiger partial charge in [0.25, 0.3) is 0 Å². The zero-order valence-corrected chi connectivity index (χ0v) is 7.64. The highest BCUT2D eigenvalue weighted by Crippen LogP contribution is 2.21. The van der Waals surface area contributed by atoms with Crippen LogP contribution in [-0.2, 0) is 0 Å². The lowest BCUT2D eigenvalue weighted by Gasteiger charge is -2.03. The average molecular weight is 178 g/mol. The molecule has 0 bridgehead atoms. The maximum Gasteiger partial charge on any atom is 0.0812 e. The van der Waals surface area contributed by atoms with E-state index in [0.717, 1.165) is 5.52 Å². The minimum atomic E-state index is 0.108. The van der Waals surface area contributed by atoms with Crippen molar-refractivity contribution in [1.29, 1.82) is 0 Å². The topological polar surface area (TPSA) is 38.9 Å². The van der Waals surface area contributed by atoms with Crippen LogP contribution in [0.2, 0.25) is 0 Å². The molecule has 0 saturated carbocycles. The van der Waals surface area contributed by atoms with E-state index in [0.29, 0.717) is 0 Å². The van der Waals surface area contributed by atoms with Gasteiger partial charge in [-0.05, 0) is 24.6 Å². The van der Waals surface area contributed by atoms with Crippen molar-refractivity contribution in [3.8, 4) is 0 Å². The number of fused-ring (bicyclic) bond motifs is 1. The molecule has 2 rings (SSSR count). The van der Waals surface area contributed by atoms with Crippen LogP contribution in [0.4, 0.5) is 0 Å². The quantitative estimate of drug-likeness (QED) is 0.727. The van der Waals surface area contributed by atoms with Crippen LogP contribution in [0.3, 0.4) is 0 Å². The summed E-state index contributed by atoms with van der Waals surface area (Å²) in [6, 6.07) is 6.27. The van der Waals surface area contributed by atoms with Gasteiger partial charge < -0.3 is 5.73 Å². The Labute approximate surface area is 75.0 Å². The molecule has 2 aromatic rings. The van der Waals surface area contributed by atoms with Gasteiger partial charge in [0, 0.05) is 6.04 Å². The lowest BCUT2D eigenvalue weighted by molar-refractivity contribution is 0.820. The normalized spacial score (nSPS) is 13.5. The van der Waals surface area contributed by atoms with Crippen molar-refractivity contribution in [2.45, 2.75) is 13.0 Å². The second-order valence-corrected chi connectivity index (χ2v) is 3.75. The standard InChI is InChI=1S/C9H10N2S/c1-6(10)7-2-3-8-9(4-7)12-5-11-8/h2-6H,10H2,1H3. The molecule has 2 nitrogen and oxygen atoms in total. The Balaban J connectivity index is 2.60. The van der Waals surface area contributed by atoms with Gasteiger partial charge in [-0.15, -0.1) is 11.3 Å². The average Bonchev–Trinajstić information content (AvgIpc) is 2.49. The van der Waals surface area contributed by atoms with Gasteiger partial charge >= 0.3 is 0 Å². The highest BCUT2D eigenvalue weighted by Gasteiger charge is 2.01. The molecule has 0 saturated heterocycles. The smallest absolute Gasteiger partial charge is 0.0812 e. The molecule has 1 unspecified atom stereocenters. The predicted octanol–water partition coefficient (Wildman–Crippen LogP) is 2.32. The number of rotatable bonds is 1. The number of nitrogens with two attached hydrogens (primary N) is 1. The Morgan fingerprint density at radius 1 is 1.50 bits per heavy atom. The highest BCUT2D eigenvalue weighted by molar-refractivity contribution is 7.16. The summed E-state index contributed by atoms with van der Waals surface area (Å²) < 4.78 is 1.21. The molecular weight excluding hydrogens is 168 g/mol. The summed E-state index contributed by atoms with van der Waals surface area (Å²) in [5, 5.41) is 0. The van der Waals surface area contributed by atoms with Gasteiger partial charge in [-0.2, -0.15) is 0 Å². The fourth-order valence-corrected chi connectivity index (χ4v) is 1.88. The molecule has 3 heteroatoms. The molecule has 0 amide bonds. The summed E-state index contributed by atoms with van der Waals surface area (Å²) in [6.45, 7) is 1.99. The van der Waals surface area contributed by atoms with Gasteiger partial charge in [0.1, 0.15) is 0 Å². The van der Waals surface area contributed by atoms with E-state index in [9.17, 15) is 0 Å². The molecule has 0 fully saturated rings. The van der Waals surface area contributed by atoms with E-state index in [1.54, 1.807) is 11.3 Å². The van der Waals surface area contributed by atoms with E-state index in [1.165, 1.54) is 10.3 Å². The van der Waals surface area contributed by atoms with Gasteiger partial charge in [0.2, 0.25) is 0 Å². The van der Waals surface area contributed by atoms with E-state index in [2.05, 4.69) is 11.1 Å². The Morgan fingerprint density at radius 2 is 2.33 bits per heavy atom. The molecular formula is C9H10N2S. The molecule has 1 aromatic heterocycles. The summed E-state index contributed by atoms with van der Waals surface area (Å²) in [5.41, 5.74) is 9.85. The zero-order valence-electron chi connectivity index (χ0n) is 6.82. The van der Waals surface area contributed by atoms with Crippen LogP contribution in [0.5, 0.6) is 0 Å². The van der Waals surface area contributed by atoms with Gasteiger partial charge in [-0.1, -0.05) is 6.07 Å². The number of nitrogens with zero attached hydrogens (tertiary/aromatic N) is 1. The Morgan fingerprint density at radius 3 is 3.08 bits per heavy atom. The largest absolute Gasteiger partial charge is 0.324 e. The number of hydrogen-bond acceptors (Lipinski definition) is 3. The molecule has 1 atom stereocenters. The molecule has 0 radical (unpaired) electrons. The van der Waals surface area contributed by atoms with Crippen molar-refractivity contribution in [2.24, 2.45) is 5.73 Å². The summed E-state index contributed by atoms with van der Waals surface area (Å²) in [6.07, 6.45) is 0. The molecule has 0 aliphatic carbocycles. The van der Waals surface area contributed by atoms with Crippen molar-refractivity contribution in [3.05, 3.63) is 29.3 Å². The third-order valence-corrected chi connectivity index (χ3v) is 2.67. The first kappa shape index (κ1) is 7.71.